The molecular formula is C24H24FN5O6. The summed E-state index contributed by atoms with van der Waals surface area (Å²) >= 11 is 0. The van der Waals surface area contributed by atoms with Gasteiger partial charge in [-0.15, -0.1) is 0 Å². The Bertz CT molecular complexity index is 1310. The molecule has 12 heteroatoms. The highest BCUT2D eigenvalue weighted by Gasteiger charge is 2.15. The van der Waals surface area contributed by atoms with Crippen LogP contribution >= 0.6 is 0 Å². The molecule has 0 atom stereocenters. The molecule has 3 rings (SSSR count). The molecule has 0 saturated carbocycles. The Morgan fingerprint density at radius 2 is 1.92 bits per heavy atom. The van der Waals surface area contributed by atoms with Gasteiger partial charge in [-0.1, -0.05) is 6.07 Å². The molecule has 36 heavy (non-hydrogen) atoms. The van der Waals surface area contributed by atoms with Gasteiger partial charge >= 0.3 is 5.97 Å². The predicted octanol–water partition coefficient (Wildman–Crippen LogP) is 2.12. The van der Waals surface area contributed by atoms with Gasteiger partial charge in [0, 0.05) is 19.3 Å². The Morgan fingerprint density at radius 1 is 1.17 bits per heavy atom. The molecule has 188 valence electrons. The van der Waals surface area contributed by atoms with Gasteiger partial charge in [0.1, 0.15) is 23.7 Å². The van der Waals surface area contributed by atoms with Crippen molar-refractivity contribution in [1.82, 2.24) is 15.3 Å². The van der Waals surface area contributed by atoms with E-state index in [-0.39, 0.29) is 42.7 Å². The molecule has 0 aliphatic rings. The van der Waals surface area contributed by atoms with Crippen LogP contribution in [-0.2, 0) is 11.3 Å². The molecule has 1 heterocycles. The number of nitrogens with one attached hydrogen (secondary N) is 4. The number of methoxy groups -OCH3 is 2. The van der Waals surface area contributed by atoms with E-state index in [0.717, 1.165) is 6.21 Å². The van der Waals surface area contributed by atoms with Crippen LogP contribution in [0.1, 0.15) is 32.2 Å². The number of aromatic amines is 1. The number of H-pyrrole nitrogens is 1. The lowest BCUT2D eigenvalue weighted by Crippen LogP contribution is -2.30. The van der Waals surface area contributed by atoms with Gasteiger partial charge in [0.2, 0.25) is 0 Å². The molecule has 1 aromatic heterocycles. The Hall–Kier alpha value is -4.74. The molecule has 11 nitrogen and oxygen atoms in total. The van der Waals surface area contributed by atoms with Gasteiger partial charge in [0.05, 0.1) is 19.8 Å². The van der Waals surface area contributed by atoms with Crippen LogP contribution in [0.15, 0.2) is 47.3 Å². The number of nitrogens with zero attached hydrogens (tertiary/aromatic N) is 1. The largest absolute Gasteiger partial charge is 0.494 e. The third-order valence-corrected chi connectivity index (χ3v) is 4.92. The van der Waals surface area contributed by atoms with E-state index in [0.29, 0.717) is 16.9 Å². The summed E-state index contributed by atoms with van der Waals surface area (Å²) in [5, 5.41) is 13.0. The van der Waals surface area contributed by atoms with E-state index < -0.39 is 23.3 Å². The number of aromatic nitrogens is 2. The van der Waals surface area contributed by atoms with Gasteiger partial charge < -0.3 is 35.2 Å². The SMILES string of the molecule is COC(=O)c1ccc(OCCNc2c(C=N)nc(C(=O)NCc3ccc(F)c(OC)c3)[nH]c2=O)cc1. The summed E-state index contributed by atoms with van der Waals surface area (Å²) < 4.78 is 28.7. The van der Waals surface area contributed by atoms with E-state index in [1.807, 2.05) is 0 Å². The van der Waals surface area contributed by atoms with Crippen LogP contribution in [0.4, 0.5) is 10.1 Å². The maximum absolute atomic E-state index is 13.5. The highest BCUT2D eigenvalue weighted by Crippen LogP contribution is 2.18. The molecule has 0 bridgehead atoms. The van der Waals surface area contributed by atoms with E-state index in [1.54, 1.807) is 24.3 Å². The van der Waals surface area contributed by atoms with Gasteiger partial charge in [-0.2, -0.15) is 0 Å². The number of anilines is 1. The van der Waals surface area contributed by atoms with Crippen molar-refractivity contribution in [2.45, 2.75) is 6.54 Å². The Kier molecular flexibility index (Phi) is 8.70. The number of hydrogen-bond acceptors (Lipinski definition) is 9. The summed E-state index contributed by atoms with van der Waals surface area (Å²) in [7, 11) is 2.63. The summed E-state index contributed by atoms with van der Waals surface area (Å²) in [6.45, 7) is 0.400. The Morgan fingerprint density at radius 3 is 2.58 bits per heavy atom. The van der Waals surface area contributed by atoms with E-state index >= 15 is 0 Å². The number of esters is 1. The number of halogens is 1. The lowest BCUT2D eigenvalue weighted by molar-refractivity contribution is 0.0600. The van der Waals surface area contributed by atoms with Gasteiger partial charge in [-0.05, 0) is 42.0 Å². The zero-order valence-corrected chi connectivity index (χ0v) is 19.5. The van der Waals surface area contributed by atoms with Crippen LogP contribution in [0.25, 0.3) is 0 Å². The first-order chi connectivity index (χ1) is 17.4. The smallest absolute Gasteiger partial charge is 0.337 e. The van der Waals surface area contributed by atoms with Crippen LogP contribution in [0.3, 0.4) is 0 Å². The van der Waals surface area contributed by atoms with E-state index in [1.165, 1.54) is 32.4 Å². The molecule has 0 aliphatic carbocycles. The van der Waals surface area contributed by atoms with E-state index in [2.05, 4.69) is 25.3 Å². The number of rotatable bonds is 11. The van der Waals surface area contributed by atoms with Crippen LogP contribution < -0.4 is 25.7 Å². The standard InChI is InChI=1S/C24H24FN5O6/c1-34-19-11-14(3-8-17(19)25)13-28-23(32)21-29-18(12-26)20(22(31)30-21)27-9-10-36-16-6-4-15(5-7-16)24(33)35-2/h3-8,11-12,26-27H,9-10,13H2,1-2H3,(H,28,32)(H,29,30,31). The average Bonchev–Trinajstić information content (AvgIpc) is 2.90. The zero-order valence-electron chi connectivity index (χ0n) is 19.5. The molecule has 0 radical (unpaired) electrons. The average molecular weight is 497 g/mol. The van der Waals surface area contributed by atoms with Gasteiger partial charge in [-0.3, -0.25) is 9.59 Å². The molecule has 0 aliphatic heterocycles. The predicted molar refractivity (Wildman–Crippen MR) is 129 cm³/mol. The van der Waals surface area contributed by atoms with Gasteiger partial charge in [0.25, 0.3) is 11.5 Å². The second kappa shape index (κ2) is 12.1. The van der Waals surface area contributed by atoms with E-state index in [9.17, 15) is 18.8 Å². The molecule has 0 unspecified atom stereocenters. The number of benzene rings is 2. The van der Waals surface area contributed by atoms with Crippen LogP contribution in [0.2, 0.25) is 0 Å². The minimum atomic E-state index is -0.677. The quantitative estimate of drug-likeness (QED) is 0.178. The second-order valence-electron chi connectivity index (χ2n) is 7.26. The molecule has 0 saturated heterocycles. The van der Waals surface area contributed by atoms with Crippen LogP contribution in [0.5, 0.6) is 11.5 Å². The first kappa shape index (κ1) is 25.9. The zero-order chi connectivity index (χ0) is 26.1. The van der Waals surface area contributed by atoms with Crippen molar-refractivity contribution in [2.75, 3.05) is 32.7 Å². The Labute approximate surface area is 205 Å². The molecule has 2 aromatic carbocycles. The van der Waals surface area contributed by atoms with E-state index in [4.69, 9.17) is 14.9 Å². The lowest BCUT2D eigenvalue weighted by Gasteiger charge is -2.11. The minimum Gasteiger partial charge on any atom is -0.494 e. The number of hydrogen-bond donors (Lipinski definition) is 4. The van der Waals surface area contributed by atoms with Crippen molar-refractivity contribution in [3.63, 3.8) is 0 Å². The third kappa shape index (κ3) is 6.44. The number of carbonyl (C=O) groups excluding carboxylic acids is 2. The second-order valence-corrected chi connectivity index (χ2v) is 7.26. The topological polar surface area (TPSA) is 155 Å². The highest BCUT2D eigenvalue weighted by molar-refractivity contribution is 5.92. The molecule has 4 N–H and O–H groups in total. The van der Waals surface area contributed by atoms with Crippen molar-refractivity contribution in [2.24, 2.45) is 0 Å². The van der Waals surface area contributed by atoms with Crippen molar-refractivity contribution in [1.29, 1.82) is 5.41 Å². The minimum absolute atomic E-state index is 0.00876. The fourth-order valence-corrected chi connectivity index (χ4v) is 3.10. The van der Waals surface area contributed by atoms with Gasteiger partial charge in [-0.25, -0.2) is 14.2 Å². The highest BCUT2D eigenvalue weighted by atomic mass is 19.1. The van der Waals surface area contributed by atoms with Gasteiger partial charge in [0.15, 0.2) is 17.4 Å². The fourth-order valence-electron chi connectivity index (χ4n) is 3.10. The molecular weight excluding hydrogens is 473 g/mol. The molecule has 1 amide bonds. The monoisotopic (exact) mass is 497 g/mol. The van der Waals surface area contributed by atoms with Crippen LogP contribution in [-0.4, -0.2) is 55.4 Å². The number of carbonyl (C=O) groups is 2. The normalized spacial score (nSPS) is 10.3. The van der Waals surface area contributed by atoms with Crippen molar-refractivity contribution < 1.29 is 28.2 Å². The van der Waals surface area contributed by atoms with Crippen molar-refractivity contribution >= 4 is 23.8 Å². The van der Waals surface area contributed by atoms with Crippen LogP contribution in [0, 0.1) is 11.2 Å². The molecule has 3 aromatic rings. The first-order valence-corrected chi connectivity index (χ1v) is 10.7. The maximum atomic E-state index is 13.5. The lowest BCUT2D eigenvalue weighted by atomic mass is 10.2. The summed E-state index contributed by atoms with van der Waals surface area (Å²) in [5.74, 6) is -1.39. The van der Waals surface area contributed by atoms with Crippen molar-refractivity contribution in [3.05, 3.63) is 81.3 Å². The first-order valence-electron chi connectivity index (χ1n) is 10.7. The fraction of sp³-hybridized carbons (Fsp3) is 0.208. The summed E-state index contributed by atoms with van der Waals surface area (Å²) in [4.78, 5) is 42.9. The molecule has 0 fully saturated rings. The summed E-state index contributed by atoms with van der Waals surface area (Å²) in [6.07, 6.45) is 0.853. The number of ether oxygens (including phenoxy) is 3. The number of amides is 1. The Balaban J connectivity index is 1.58. The maximum Gasteiger partial charge on any atom is 0.337 e. The summed E-state index contributed by atoms with van der Waals surface area (Å²) in [6, 6.07) is 10.5. The van der Waals surface area contributed by atoms with Crippen molar-refractivity contribution in [3.8, 4) is 11.5 Å². The summed E-state index contributed by atoms with van der Waals surface area (Å²) in [5.41, 5.74) is 0.302. The third-order valence-electron chi connectivity index (χ3n) is 4.92. The molecule has 0 spiro atoms.